The van der Waals surface area contributed by atoms with E-state index in [1.54, 1.807) is 17.4 Å². The highest BCUT2D eigenvalue weighted by Crippen LogP contribution is 2.38. The summed E-state index contributed by atoms with van der Waals surface area (Å²) in [4.78, 5) is 16.2. The molecule has 0 saturated carbocycles. The molecule has 1 aliphatic heterocycles. The number of carboxylic acid groups (broad SMARTS) is 1. The van der Waals surface area contributed by atoms with Gasteiger partial charge in [0.2, 0.25) is 6.36 Å². The summed E-state index contributed by atoms with van der Waals surface area (Å²) in [6.07, 6.45) is 2.91. The Morgan fingerprint density at radius 2 is 1.94 bits per heavy atom. The van der Waals surface area contributed by atoms with Gasteiger partial charge in [0.05, 0.1) is 10.4 Å². The summed E-state index contributed by atoms with van der Waals surface area (Å²) < 4.78 is 18.5. The Hall–Kier alpha value is -1.70. The molecule has 174 valence electrons. The minimum atomic E-state index is -1.36. The molecule has 8 heteroatoms. The quantitative estimate of drug-likeness (QED) is 0.293. The summed E-state index contributed by atoms with van der Waals surface area (Å²) in [6, 6.07) is 7.38. The van der Waals surface area contributed by atoms with Crippen LogP contribution in [0.5, 0.6) is 5.75 Å². The van der Waals surface area contributed by atoms with Crippen LogP contribution in [-0.2, 0) is 4.79 Å². The van der Waals surface area contributed by atoms with Gasteiger partial charge in [0.15, 0.2) is 0 Å². The molecule has 5 nitrogen and oxygen atoms in total. The van der Waals surface area contributed by atoms with Gasteiger partial charge in [-0.1, -0.05) is 51.4 Å². The van der Waals surface area contributed by atoms with Crippen molar-refractivity contribution in [3.05, 3.63) is 35.3 Å². The Balaban J connectivity index is 0.000000604. The third-order valence-corrected chi connectivity index (χ3v) is 5.90. The Morgan fingerprint density at radius 1 is 1.32 bits per heavy atom. The fourth-order valence-electron chi connectivity index (χ4n) is 3.05. The van der Waals surface area contributed by atoms with Crippen LogP contribution in [0.1, 0.15) is 57.8 Å². The van der Waals surface area contributed by atoms with E-state index in [1.165, 1.54) is 19.8 Å². The average Bonchev–Trinajstić information content (AvgIpc) is 3.17. The van der Waals surface area contributed by atoms with Crippen LogP contribution in [0.3, 0.4) is 0 Å². The Bertz CT molecular complexity index is 770. The lowest BCUT2D eigenvalue weighted by Crippen LogP contribution is -2.35. The summed E-state index contributed by atoms with van der Waals surface area (Å²) in [6.45, 7) is 11.9. The van der Waals surface area contributed by atoms with Gasteiger partial charge in [-0.15, -0.1) is 11.3 Å². The van der Waals surface area contributed by atoms with Gasteiger partial charge in [0, 0.05) is 19.7 Å². The number of ether oxygens (including phenoxy) is 1. The highest BCUT2D eigenvalue weighted by atomic mass is 35.5. The molecule has 3 atom stereocenters. The lowest BCUT2D eigenvalue weighted by Gasteiger charge is -2.33. The van der Waals surface area contributed by atoms with Crippen LogP contribution in [0.15, 0.2) is 30.5 Å². The molecule has 0 spiro atoms. The van der Waals surface area contributed by atoms with E-state index < -0.39 is 6.36 Å². The van der Waals surface area contributed by atoms with Crippen molar-refractivity contribution in [2.24, 2.45) is 11.8 Å². The molecule has 1 aromatic carbocycles. The van der Waals surface area contributed by atoms with Gasteiger partial charge >= 0.3 is 0 Å². The topological polar surface area (TPSA) is 62.7 Å². The Morgan fingerprint density at radius 3 is 2.52 bits per heavy atom. The Labute approximate surface area is 194 Å². The molecule has 31 heavy (non-hydrogen) atoms. The van der Waals surface area contributed by atoms with Crippen LogP contribution in [0.2, 0.25) is 0 Å². The van der Waals surface area contributed by atoms with Crippen molar-refractivity contribution in [2.75, 3.05) is 13.1 Å². The molecule has 2 unspecified atom stereocenters. The molecule has 1 N–H and O–H groups in total. The van der Waals surface area contributed by atoms with E-state index in [-0.39, 0.29) is 12.0 Å². The first-order chi connectivity index (χ1) is 14.7. The van der Waals surface area contributed by atoms with E-state index in [1.807, 2.05) is 24.4 Å². The molecule has 0 amide bonds. The van der Waals surface area contributed by atoms with Crippen LogP contribution < -0.4 is 4.74 Å². The fraction of sp³-hybridized carbons (Fsp3) is 0.565. The predicted molar refractivity (Wildman–Crippen MR) is 127 cm³/mol. The zero-order valence-electron chi connectivity index (χ0n) is 18.9. The van der Waals surface area contributed by atoms with Gasteiger partial charge in [-0.3, -0.25) is 9.69 Å². The summed E-state index contributed by atoms with van der Waals surface area (Å²) >= 11 is 8.22. The van der Waals surface area contributed by atoms with E-state index in [0.29, 0.717) is 11.7 Å². The lowest BCUT2D eigenvalue weighted by atomic mass is 10.0. The monoisotopic (exact) mass is 472 g/mol. The van der Waals surface area contributed by atoms with Crippen molar-refractivity contribution in [3.63, 3.8) is 0 Å². The van der Waals surface area contributed by atoms with Crippen LogP contribution in [-0.4, -0.2) is 40.9 Å². The summed E-state index contributed by atoms with van der Waals surface area (Å²) in [5, 5.41) is 7.69. The van der Waals surface area contributed by atoms with Crippen molar-refractivity contribution < 1.29 is 19.0 Å². The van der Waals surface area contributed by atoms with E-state index in [9.17, 15) is 4.39 Å². The predicted octanol–water partition coefficient (Wildman–Crippen LogP) is 6.84. The van der Waals surface area contributed by atoms with Crippen molar-refractivity contribution in [3.8, 4) is 16.3 Å². The normalized spacial score (nSPS) is 18.1. The lowest BCUT2D eigenvalue weighted by molar-refractivity contribution is -0.122. The number of benzene rings is 1. The third-order valence-electron chi connectivity index (χ3n) is 4.17. The standard InChI is InChI=1S/C18H22ClFN2OS.C4H10.CH2O2/c1-12-6-5-9-22(11-12)17(19)16-10-21-18(24-16)14-7-3-4-8-15(14)23-13(2)20;1-4(2)3;2-1-3/h3-4,7-8,10,12-13,17H,5-6,9,11H2,1-2H3;4H,1-3H3;1H,(H,2,3)/t12-,13?,17?;;/m1../s1. The van der Waals surface area contributed by atoms with Crippen molar-refractivity contribution in [1.82, 2.24) is 9.88 Å². The van der Waals surface area contributed by atoms with Crippen molar-refractivity contribution in [2.45, 2.75) is 59.3 Å². The fourth-order valence-corrected chi connectivity index (χ4v) is 4.38. The first-order valence-electron chi connectivity index (χ1n) is 10.5. The van der Waals surface area contributed by atoms with Crippen LogP contribution in [0.4, 0.5) is 4.39 Å². The van der Waals surface area contributed by atoms with Gasteiger partial charge < -0.3 is 9.84 Å². The maximum absolute atomic E-state index is 13.2. The van der Waals surface area contributed by atoms with Crippen LogP contribution in [0.25, 0.3) is 10.6 Å². The van der Waals surface area contributed by atoms with Gasteiger partial charge in [-0.25, -0.2) is 9.37 Å². The summed E-state index contributed by atoms with van der Waals surface area (Å²) in [5.74, 6) is 2.01. The zero-order valence-corrected chi connectivity index (χ0v) is 20.5. The molecule has 0 bridgehead atoms. The molecular formula is C23H34ClFN2O3S. The van der Waals surface area contributed by atoms with Crippen molar-refractivity contribution in [1.29, 1.82) is 0 Å². The number of hydrogen-bond acceptors (Lipinski definition) is 5. The number of nitrogens with zero attached hydrogens (tertiary/aromatic N) is 2. The molecule has 1 saturated heterocycles. The molecule has 1 aliphatic rings. The molecule has 1 aromatic heterocycles. The highest BCUT2D eigenvalue weighted by Gasteiger charge is 2.25. The smallest absolute Gasteiger partial charge is 0.290 e. The molecular weight excluding hydrogens is 439 g/mol. The van der Waals surface area contributed by atoms with Gasteiger partial charge in [-0.05, 0) is 43.4 Å². The minimum absolute atomic E-state index is 0.160. The van der Waals surface area contributed by atoms with E-state index >= 15 is 0 Å². The summed E-state index contributed by atoms with van der Waals surface area (Å²) in [5.41, 5.74) is 0.640. The first-order valence-corrected chi connectivity index (χ1v) is 11.8. The van der Waals surface area contributed by atoms with Gasteiger partial charge in [0.25, 0.3) is 6.47 Å². The van der Waals surface area contributed by atoms with E-state index in [4.69, 9.17) is 26.2 Å². The van der Waals surface area contributed by atoms with Gasteiger partial charge in [0.1, 0.15) is 16.3 Å². The second-order valence-electron chi connectivity index (χ2n) is 8.14. The molecule has 0 aliphatic carbocycles. The van der Waals surface area contributed by atoms with E-state index in [0.717, 1.165) is 34.5 Å². The second kappa shape index (κ2) is 14.4. The zero-order chi connectivity index (χ0) is 23.4. The number of carbonyl (C=O) groups is 1. The third kappa shape index (κ3) is 9.97. The molecule has 0 radical (unpaired) electrons. The second-order valence-corrected chi connectivity index (χ2v) is 9.62. The number of likely N-dealkylation sites (tertiary alicyclic amines) is 1. The number of alkyl halides is 2. The molecule has 3 rings (SSSR count). The number of thiazole rings is 1. The molecule has 2 heterocycles. The summed E-state index contributed by atoms with van der Waals surface area (Å²) in [7, 11) is 0. The Kier molecular flexibility index (Phi) is 12.7. The molecule has 1 fully saturated rings. The van der Waals surface area contributed by atoms with Crippen molar-refractivity contribution >= 4 is 29.4 Å². The number of rotatable bonds is 5. The number of piperidine rings is 1. The van der Waals surface area contributed by atoms with E-state index in [2.05, 4.69) is 37.6 Å². The number of aromatic nitrogens is 1. The maximum Gasteiger partial charge on any atom is 0.290 e. The first kappa shape index (κ1) is 27.3. The van der Waals surface area contributed by atoms with Crippen LogP contribution >= 0.6 is 22.9 Å². The number of halogens is 2. The largest absolute Gasteiger partial charge is 0.483 e. The minimum Gasteiger partial charge on any atom is -0.483 e. The number of para-hydroxylation sites is 1. The molecule has 2 aromatic rings. The van der Waals surface area contributed by atoms with Crippen LogP contribution in [0, 0.1) is 11.8 Å². The van der Waals surface area contributed by atoms with Gasteiger partial charge in [-0.2, -0.15) is 0 Å². The maximum atomic E-state index is 13.2. The highest BCUT2D eigenvalue weighted by molar-refractivity contribution is 7.15. The number of hydrogen-bond donors (Lipinski definition) is 1. The SMILES string of the molecule is CC(C)C.CC(F)Oc1ccccc1-c1ncc(C(Cl)N2CCC[C@@H](C)C2)s1.O=CO. The average molecular weight is 473 g/mol.